The van der Waals surface area contributed by atoms with Crippen LogP contribution in [0.1, 0.15) is 89.8 Å². The number of amides is 4. The van der Waals surface area contributed by atoms with E-state index < -0.39 is 56.9 Å². The molecule has 0 bridgehead atoms. The lowest BCUT2D eigenvalue weighted by Crippen LogP contribution is -2.58. The number of hydrogen-bond acceptors (Lipinski definition) is 8. The molecule has 3 N–H and O–H groups in total. The standard InChI is InChI=1S/C39H50ClN5O7S/c1-22(2)33(41-26-10-7-9-25(16-26)38(3,4)5)35(47)45-20-27(52-37(49)44-19-24-8-6-11-31(40)29(24)21-44)17-32(45)34(46)42-39(18-30(39)23-12-13-23)36(48)43-53(50,51)28-14-15-28/h6-11,16,22-23,27-28,30,32-33,41H,12-15,17-21H2,1-5H3,(H,42,46)(H,43,48)/t27-,30+,32+,33+,39-/m1/s1. The van der Waals surface area contributed by atoms with Crippen molar-refractivity contribution in [3.8, 4) is 0 Å². The van der Waals surface area contributed by atoms with Crippen LogP contribution in [0, 0.1) is 17.8 Å². The fourth-order valence-electron chi connectivity index (χ4n) is 7.85. The quantitative estimate of drug-likeness (QED) is 0.286. The monoisotopic (exact) mass is 767 g/mol. The van der Waals surface area contributed by atoms with E-state index in [1.165, 1.54) is 4.90 Å². The van der Waals surface area contributed by atoms with Crippen molar-refractivity contribution in [1.29, 1.82) is 0 Å². The maximum Gasteiger partial charge on any atom is 0.410 e. The summed E-state index contributed by atoms with van der Waals surface area (Å²) in [4.78, 5) is 59.2. The first-order valence-electron chi connectivity index (χ1n) is 18.7. The Labute approximate surface area is 316 Å². The molecule has 2 aliphatic heterocycles. The van der Waals surface area contributed by atoms with E-state index in [-0.39, 0.29) is 48.6 Å². The summed E-state index contributed by atoms with van der Waals surface area (Å²) in [6.45, 7) is 10.8. The molecular weight excluding hydrogens is 718 g/mol. The van der Waals surface area contributed by atoms with E-state index in [9.17, 15) is 27.6 Å². The van der Waals surface area contributed by atoms with Gasteiger partial charge in [-0.1, -0.05) is 70.5 Å². The first-order valence-corrected chi connectivity index (χ1v) is 20.7. The van der Waals surface area contributed by atoms with Crippen LogP contribution in [0.4, 0.5) is 10.5 Å². The molecule has 4 amide bonds. The van der Waals surface area contributed by atoms with Gasteiger partial charge in [0.15, 0.2) is 0 Å². The van der Waals surface area contributed by atoms with E-state index in [4.69, 9.17) is 16.3 Å². The molecule has 0 spiro atoms. The van der Waals surface area contributed by atoms with Gasteiger partial charge in [-0.25, -0.2) is 13.2 Å². The number of hydrogen-bond donors (Lipinski definition) is 3. The highest BCUT2D eigenvalue weighted by Crippen LogP contribution is 2.57. The van der Waals surface area contributed by atoms with Gasteiger partial charge in [-0.2, -0.15) is 0 Å². The van der Waals surface area contributed by atoms with Crippen LogP contribution >= 0.6 is 11.6 Å². The molecule has 7 rings (SSSR count). The zero-order valence-corrected chi connectivity index (χ0v) is 32.6. The fraction of sp³-hybridized carbons (Fsp3) is 0.590. The van der Waals surface area contributed by atoms with E-state index in [1.807, 2.05) is 50.2 Å². The number of rotatable bonds is 11. The van der Waals surface area contributed by atoms with Gasteiger partial charge in [0, 0.05) is 23.7 Å². The van der Waals surface area contributed by atoms with Gasteiger partial charge in [0.1, 0.15) is 23.7 Å². The number of carbonyl (C=O) groups is 4. The summed E-state index contributed by atoms with van der Waals surface area (Å²) in [5.41, 5.74) is 2.14. The van der Waals surface area contributed by atoms with Crippen LogP contribution in [0.25, 0.3) is 0 Å². The molecule has 3 saturated carbocycles. The lowest BCUT2D eigenvalue weighted by molar-refractivity contribution is -0.141. The maximum absolute atomic E-state index is 14.6. The zero-order chi connectivity index (χ0) is 38.0. The lowest BCUT2D eigenvalue weighted by Gasteiger charge is -2.32. The lowest BCUT2D eigenvalue weighted by atomic mass is 9.87. The smallest absolute Gasteiger partial charge is 0.410 e. The third kappa shape index (κ3) is 7.74. The molecule has 1 saturated heterocycles. The van der Waals surface area contributed by atoms with E-state index in [0.29, 0.717) is 30.8 Å². The van der Waals surface area contributed by atoms with Crippen molar-refractivity contribution >= 4 is 51.1 Å². The minimum atomic E-state index is -3.85. The number of halogens is 1. The number of anilines is 1. The van der Waals surface area contributed by atoms with E-state index in [0.717, 1.165) is 35.2 Å². The normalized spacial score (nSPS) is 25.8. The number of nitrogens with zero attached hydrogens (tertiary/aromatic N) is 2. The van der Waals surface area contributed by atoms with Gasteiger partial charge in [-0.3, -0.25) is 24.0 Å². The summed E-state index contributed by atoms with van der Waals surface area (Å²) in [5, 5.41) is 6.32. The summed E-state index contributed by atoms with van der Waals surface area (Å²) < 4.78 is 33.9. The van der Waals surface area contributed by atoms with E-state index >= 15 is 0 Å². The van der Waals surface area contributed by atoms with Crippen LogP contribution in [0.2, 0.25) is 5.02 Å². The molecule has 0 aromatic heterocycles. The Morgan fingerprint density at radius 1 is 1.00 bits per heavy atom. The Morgan fingerprint density at radius 2 is 1.72 bits per heavy atom. The first kappa shape index (κ1) is 37.5. The number of nitrogens with one attached hydrogen (secondary N) is 3. The second-order valence-corrected chi connectivity index (χ2v) is 19.3. The summed E-state index contributed by atoms with van der Waals surface area (Å²) in [6.07, 6.45) is 1.75. The van der Waals surface area contributed by atoms with Gasteiger partial charge in [0.25, 0.3) is 5.91 Å². The Bertz CT molecular complexity index is 1920. The van der Waals surface area contributed by atoms with Crippen LogP contribution in [-0.2, 0) is 47.6 Å². The predicted molar refractivity (Wildman–Crippen MR) is 200 cm³/mol. The Kier molecular flexibility index (Phi) is 9.74. The predicted octanol–water partition coefficient (Wildman–Crippen LogP) is 5.09. The van der Waals surface area contributed by atoms with Crippen LogP contribution < -0.4 is 15.4 Å². The highest BCUT2D eigenvalue weighted by atomic mass is 35.5. The number of likely N-dealkylation sites (tertiary alicyclic amines) is 1. The number of benzene rings is 2. The first-order chi connectivity index (χ1) is 25.0. The highest BCUT2D eigenvalue weighted by Gasteiger charge is 2.67. The second-order valence-electron chi connectivity index (χ2n) is 17.0. The van der Waals surface area contributed by atoms with E-state index in [1.54, 1.807) is 11.0 Å². The fourth-order valence-corrected chi connectivity index (χ4v) is 9.47. The van der Waals surface area contributed by atoms with Crippen molar-refractivity contribution in [3.05, 3.63) is 64.2 Å². The average molecular weight is 768 g/mol. The molecule has 0 radical (unpaired) electrons. The summed E-state index contributed by atoms with van der Waals surface area (Å²) in [6, 6.07) is 11.6. The van der Waals surface area contributed by atoms with Crippen LogP contribution in [0.5, 0.6) is 0 Å². The minimum Gasteiger partial charge on any atom is -0.444 e. The van der Waals surface area contributed by atoms with Gasteiger partial charge in [0.05, 0.1) is 18.3 Å². The molecule has 12 nitrogen and oxygen atoms in total. The van der Waals surface area contributed by atoms with Crippen LogP contribution in [-0.4, -0.2) is 77.6 Å². The minimum absolute atomic E-state index is 0.0152. The highest BCUT2D eigenvalue weighted by molar-refractivity contribution is 7.91. The molecule has 2 aromatic carbocycles. The Balaban J connectivity index is 1.13. The third-order valence-electron chi connectivity index (χ3n) is 11.4. The van der Waals surface area contributed by atoms with Gasteiger partial charge in [0.2, 0.25) is 21.8 Å². The van der Waals surface area contributed by atoms with Crippen LogP contribution in [0.15, 0.2) is 42.5 Å². The van der Waals surface area contributed by atoms with E-state index in [2.05, 4.69) is 36.1 Å². The van der Waals surface area contributed by atoms with Gasteiger partial charge < -0.3 is 20.3 Å². The van der Waals surface area contributed by atoms with Crippen molar-refractivity contribution in [2.75, 3.05) is 11.9 Å². The van der Waals surface area contributed by atoms with Crippen molar-refractivity contribution < 1.29 is 32.3 Å². The SMILES string of the molecule is CC(C)[C@H](Nc1cccc(C(C)(C)C)c1)C(=O)N1C[C@H](OC(=O)N2Cc3cccc(Cl)c3C2)C[C@H]1C(=O)N[C@]1(C(=O)NS(=O)(=O)C2CC2)C[C@H]1C1CC1. The molecule has 5 atom stereocenters. The molecule has 5 aliphatic rings. The van der Waals surface area contributed by atoms with Crippen molar-refractivity contribution in [2.45, 2.75) is 121 Å². The topological polar surface area (TPSA) is 154 Å². The Hall–Kier alpha value is -3.84. The number of fused-ring (bicyclic) bond motifs is 1. The molecule has 3 aliphatic carbocycles. The maximum atomic E-state index is 14.6. The largest absolute Gasteiger partial charge is 0.444 e. The molecule has 2 aromatic rings. The van der Waals surface area contributed by atoms with Crippen molar-refractivity contribution in [1.82, 2.24) is 19.8 Å². The summed E-state index contributed by atoms with van der Waals surface area (Å²) in [5.74, 6) is -1.80. The van der Waals surface area contributed by atoms with Gasteiger partial charge in [-0.05, 0) is 90.2 Å². The van der Waals surface area contributed by atoms with Gasteiger partial charge in [-0.15, -0.1) is 0 Å². The summed E-state index contributed by atoms with van der Waals surface area (Å²) >= 11 is 6.39. The molecule has 2 heterocycles. The van der Waals surface area contributed by atoms with Gasteiger partial charge >= 0.3 is 6.09 Å². The molecular formula is C39H50ClN5O7S. The molecule has 0 unspecified atom stereocenters. The number of carbonyl (C=O) groups excluding carboxylic acids is 4. The second kappa shape index (κ2) is 13.8. The third-order valence-corrected chi connectivity index (χ3v) is 13.6. The number of ether oxygens (including phenoxy) is 1. The molecule has 4 fully saturated rings. The molecule has 53 heavy (non-hydrogen) atoms. The van der Waals surface area contributed by atoms with Crippen LogP contribution in [0.3, 0.4) is 0 Å². The molecule has 14 heteroatoms. The molecule has 286 valence electrons. The van der Waals surface area contributed by atoms with Crippen molar-refractivity contribution in [2.24, 2.45) is 17.8 Å². The number of sulfonamides is 1. The Morgan fingerprint density at radius 3 is 2.36 bits per heavy atom. The van der Waals surface area contributed by atoms with Crippen molar-refractivity contribution in [3.63, 3.8) is 0 Å². The zero-order valence-electron chi connectivity index (χ0n) is 31.0. The summed E-state index contributed by atoms with van der Waals surface area (Å²) in [7, 11) is -3.85. The average Bonchev–Trinajstić information content (AvgIpc) is 4.01.